The molecule has 1 heterocycles. The van der Waals surface area contributed by atoms with Gasteiger partial charge >= 0.3 is 0 Å². The normalized spacial score (nSPS) is 15.1. The highest BCUT2D eigenvalue weighted by Gasteiger charge is 2.22. The maximum atomic E-state index is 8.92. The fourth-order valence-electron chi connectivity index (χ4n) is 3.16. The van der Waals surface area contributed by atoms with Crippen LogP contribution < -0.4 is 14.5 Å². The van der Waals surface area contributed by atoms with Crippen LogP contribution in [0.2, 0.25) is 5.02 Å². The van der Waals surface area contributed by atoms with Gasteiger partial charge in [-0.05, 0) is 24.3 Å². The molecule has 1 aliphatic rings. The van der Waals surface area contributed by atoms with E-state index in [0.717, 1.165) is 49.7 Å². The molecular weight excluding hydrogens is 322 g/mol. The summed E-state index contributed by atoms with van der Waals surface area (Å²) in [6, 6.07) is 15.9. The predicted molar refractivity (Wildman–Crippen MR) is 95.8 cm³/mol. The van der Waals surface area contributed by atoms with Crippen LogP contribution in [0.4, 0.5) is 5.69 Å². The molecule has 1 fully saturated rings. The maximum Gasteiger partial charge on any atom is 0.142 e. The van der Waals surface area contributed by atoms with E-state index in [0.29, 0.717) is 10.6 Å². The smallest absolute Gasteiger partial charge is 0.142 e. The van der Waals surface area contributed by atoms with Gasteiger partial charge in [-0.2, -0.15) is 5.26 Å². The zero-order valence-electron chi connectivity index (χ0n) is 13.8. The molecule has 0 atom stereocenters. The number of benzene rings is 2. The van der Waals surface area contributed by atoms with Crippen LogP contribution in [-0.2, 0) is 6.54 Å². The molecule has 0 bridgehead atoms. The summed E-state index contributed by atoms with van der Waals surface area (Å²) in [4.78, 5) is 3.88. The Morgan fingerprint density at radius 3 is 2.62 bits per heavy atom. The van der Waals surface area contributed by atoms with E-state index in [1.807, 2.05) is 30.3 Å². The number of nitrogens with zero attached hydrogens (tertiary/aromatic N) is 2. The fraction of sp³-hybridized carbons (Fsp3) is 0.316. The molecule has 0 unspecified atom stereocenters. The van der Waals surface area contributed by atoms with E-state index >= 15 is 0 Å². The van der Waals surface area contributed by atoms with Crippen LogP contribution in [0.3, 0.4) is 0 Å². The molecule has 5 heteroatoms. The van der Waals surface area contributed by atoms with Gasteiger partial charge in [-0.3, -0.25) is 0 Å². The molecule has 0 spiro atoms. The molecule has 24 heavy (non-hydrogen) atoms. The van der Waals surface area contributed by atoms with Crippen LogP contribution >= 0.6 is 11.6 Å². The number of methoxy groups -OCH3 is 1. The highest BCUT2D eigenvalue weighted by atomic mass is 35.5. The molecule has 2 aromatic carbocycles. The van der Waals surface area contributed by atoms with Gasteiger partial charge in [0.05, 0.1) is 55.6 Å². The van der Waals surface area contributed by atoms with E-state index in [2.05, 4.69) is 17.0 Å². The van der Waals surface area contributed by atoms with Crippen molar-refractivity contribution in [3.05, 3.63) is 58.6 Å². The molecule has 0 radical (unpaired) electrons. The van der Waals surface area contributed by atoms with Gasteiger partial charge in [-0.1, -0.05) is 29.8 Å². The first kappa shape index (κ1) is 16.6. The number of ether oxygens (including phenoxy) is 1. The summed E-state index contributed by atoms with van der Waals surface area (Å²) in [5, 5.41) is 9.61. The number of nitriles is 1. The maximum absolute atomic E-state index is 8.92. The van der Waals surface area contributed by atoms with Gasteiger partial charge in [0, 0.05) is 5.56 Å². The molecular formula is C19H21ClN3O+. The van der Waals surface area contributed by atoms with Crippen molar-refractivity contribution >= 4 is 17.3 Å². The van der Waals surface area contributed by atoms with E-state index in [1.54, 1.807) is 13.2 Å². The third-order valence-electron chi connectivity index (χ3n) is 4.52. The first-order valence-electron chi connectivity index (χ1n) is 8.11. The van der Waals surface area contributed by atoms with E-state index in [1.165, 1.54) is 4.90 Å². The Labute approximate surface area is 147 Å². The van der Waals surface area contributed by atoms with Gasteiger partial charge in [-0.25, -0.2) is 0 Å². The topological polar surface area (TPSA) is 40.7 Å². The van der Waals surface area contributed by atoms with E-state index in [4.69, 9.17) is 21.6 Å². The summed E-state index contributed by atoms with van der Waals surface area (Å²) >= 11 is 6.30. The Morgan fingerprint density at radius 1 is 1.21 bits per heavy atom. The second-order valence-corrected chi connectivity index (χ2v) is 6.41. The molecule has 3 rings (SSSR count). The third kappa shape index (κ3) is 3.64. The Hall–Kier alpha value is -2.22. The molecule has 1 N–H and O–H groups in total. The molecule has 4 nitrogen and oxygen atoms in total. The van der Waals surface area contributed by atoms with Crippen LogP contribution in [0.5, 0.6) is 5.75 Å². The third-order valence-corrected chi connectivity index (χ3v) is 4.87. The van der Waals surface area contributed by atoms with Crippen molar-refractivity contribution in [3.8, 4) is 11.8 Å². The summed E-state index contributed by atoms with van der Waals surface area (Å²) in [6.07, 6.45) is 0. The van der Waals surface area contributed by atoms with Crippen LogP contribution in [0.15, 0.2) is 42.5 Å². The highest BCUT2D eigenvalue weighted by Crippen LogP contribution is 2.27. The number of hydrogen-bond acceptors (Lipinski definition) is 3. The lowest BCUT2D eigenvalue weighted by atomic mass is 10.1. The van der Waals surface area contributed by atoms with Crippen LogP contribution in [0, 0.1) is 11.3 Å². The minimum absolute atomic E-state index is 0.611. The first-order chi connectivity index (χ1) is 11.7. The second-order valence-electron chi connectivity index (χ2n) is 6.00. The summed E-state index contributed by atoms with van der Waals surface area (Å²) in [5.41, 5.74) is 2.88. The van der Waals surface area contributed by atoms with Gasteiger partial charge in [0.25, 0.3) is 0 Å². The lowest BCUT2D eigenvalue weighted by Gasteiger charge is -2.34. The quantitative estimate of drug-likeness (QED) is 0.925. The van der Waals surface area contributed by atoms with Crippen molar-refractivity contribution in [1.29, 1.82) is 5.26 Å². The zero-order valence-corrected chi connectivity index (χ0v) is 14.5. The van der Waals surface area contributed by atoms with E-state index in [9.17, 15) is 0 Å². The van der Waals surface area contributed by atoms with Gasteiger partial charge in [0.1, 0.15) is 12.3 Å². The Bertz CT molecular complexity index is 749. The van der Waals surface area contributed by atoms with Crippen molar-refractivity contribution in [2.45, 2.75) is 6.54 Å². The Morgan fingerprint density at radius 2 is 1.96 bits per heavy atom. The van der Waals surface area contributed by atoms with Crippen LogP contribution in [0.25, 0.3) is 0 Å². The Balaban J connectivity index is 1.62. The molecule has 124 valence electrons. The molecule has 0 amide bonds. The molecule has 1 aliphatic heterocycles. The fourth-order valence-corrected chi connectivity index (χ4v) is 3.41. The summed E-state index contributed by atoms with van der Waals surface area (Å²) < 4.78 is 5.47. The average Bonchev–Trinajstić information content (AvgIpc) is 2.64. The molecule has 1 saturated heterocycles. The van der Waals surface area contributed by atoms with E-state index < -0.39 is 0 Å². The minimum Gasteiger partial charge on any atom is -0.495 e. The number of nitrogens with one attached hydrogen (secondary N) is 1. The van der Waals surface area contributed by atoms with Gasteiger partial charge in [-0.15, -0.1) is 0 Å². The zero-order chi connectivity index (χ0) is 16.9. The summed E-state index contributed by atoms with van der Waals surface area (Å²) in [6.45, 7) is 4.97. The molecule has 0 aliphatic carbocycles. The number of halogens is 1. The predicted octanol–water partition coefficient (Wildman–Crippen LogP) is 2.13. The monoisotopic (exact) mass is 342 g/mol. The van der Waals surface area contributed by atoms with Crippen molar-refractivity contribution in [2.75, 3.05) is 38.2 Å². The van der Waals surface area contributed by atoms with Crippen LogP contribution in [-0.4, -0.2) is 33.3 Å². The average molecular weight is 343 g/mol. The molecule has 0 saturated carbocycles. The molecule has 2 aromatic rings. The number of piperazine rings is 1. The number of hydrogen-bond donors (Lipinski definition) is 1. The Kier molecular flexibility index (Phi) is 5.24. The van der Waals surface area contributed by atoms with Crippen molar-refractivity contribution in [1.82, 2.24) is 0 Å². The number of para-hydroxylation sites is 2. The number of quaternary nitrogens is 1. The van der Waals surface area contributed by atoms with Crippen molar-refractivity contribution in [3.63, 3.8) is 0 Å². The highest BCUT2D eigenvalue weighted by molar-refractivity contribution is 6.31. The summed E-state index contributed by atoms with van der Waals surface area (Å²) in [5.74, 6) is 0.927. The largest absolute Gasteiger partial charge is 0.495 e. The lowest BCUT2D eigenvalue weighted by Crippen LogP contribution is -3.13. The minimum atomic E-state index is 0.611. The van der Waals surface area contributed by atoms with Gasteiger partial charge in [0.2, 0.25) is 0 Å². The first-order valence-corrected chi connectivity index (χ1v) is 8.49. The standard InChI is InChI=1S/C19H20ClN3O/c1-24-19-5-3-2-4-18(19)23-10-8-22(9-11-23)14-16-7-6-15(13-21)12-17(16)20/h2-7,12H,8-11,14H2,1H3/p+1. The second kappa shape index (κ2) is 7.57. The number of rotatable bonds is 4. The number of anilines is 1. The van der Waals surface area contributed by atoms with Crippen molar-refractivity contribution in [2.24, 2.45) is 0 Å². The molecule has 0 aromatic heterocycles. The van der Waals surface area contributed by atoms with Crippen LogP contribution in [0.1, 0.15) is 11.1 Å². The lowest BCUT2D eigenvalue weighted by molar-refractivity contribution is -0.914. The SMILES string of the molecule is COc1ccccc1N1CC[NH+](Cc2ccc(C#N)cc2Cl)CC1. The van der Waals surface area contributed by atoms with Gasteiger partial charge < -0.3 is 14.5 Å². The van der Waals surface area contributed by atoms with Gasteiger partial charge in [0.15, 0.2) is 0 Å². The summed E-state index contributed by atoms with van der Waals surface area (Å²) in [7, 11) is 1.72. The van der Waals surface area contributed by atoms with E-state index in [-0.39, 0.29) is 0 Å². The van der Waals surface area contributed by atoms with Crippen molar-refractivity contribution < 1.29 is 9.64 Å².